The Morgan fingerprint density at radius 2 is 1.52 bits per heavy atom. The molecule has 0 aliphatic heterocycles. The Labute approximate surface area is 159 Å². The van der Waals surface area contributed by atoms with E-state index in [0.717, 1.165) is 17.4 Å². The third kappa shape index (κ3) is 6.86. The first-order valence-electron chi connectivity index (χ1n) is 8.37. The van der Waals surface area contributed by atoms with Gasteiger partial charge >= 0.3 is 5.97 Å². The van der Waals surface area contributed by atoms with E-state index in [1.165, 1.54) is 17.0 Å². The fourth-order valence-electron chi connectivity index (χ4n) is 2.42. The summed E-state index contributed by atoms with van der Waals surface area (Å²) in [5.74, 6) is -1.03. The molecule has 2 aromatic carbocycles. The molecule has 0 N–H and O–H groups in total. The molecular formula is C20H23NO5S. The number of likely N-dealkylation sites (N-methyl/N-ethyl adjacent to an activating group) is 1. The van der Waals surface area contributed by atoms with Crippen molar-refractivity contribution in [1.82, 2.24) is 4.90 Å². The van der Waals surface area contributed by atoms with Crippen LogP contribution in [0.25, 0.3) is 0 Å². The highest BCUT2D eigenvalue weighted by atomic mass is 32.2. The molecule has 0 aliphatic rings. The maximum Gasteiger partial charge on any atom is 0.338 e. The summed E-state index contributed by atoms with van der Waals surface area (Å²) in [6, 6.07) is 13.9. The van der Waals surface area contributed by atoms with Crippen LogP contribution in [0.15, 0.2) is 48.5 Å². The average molecular weight is 389 g/mol. The Hall–Kier alpha value is -2.67. The zero-order valence-corrected chi connectivity index (χ0v) is 16.5. The number of amides is 1. The fraction of sp³-hybridized carbons (Fsp3) is 0.300. The van der Waals surface area contributed by atoms with Crippen LogP contribution in [-0.4, -0.2) is 45.1 Å². The molecule has 0 radical (unpaired) electrons. The molecule has 0 saturated carbocycles. The van der Waals surface area contributed by atoms with Gasteiger partial charge < -0.3 is 9.64 Å². The van der Waals surface area contributed by atoms with E-state index in [9.17, 15) is 18.0 Å². The number of ether oxygens (including phenoxy) is 1. The number of aryl methyl sites for hydroxylation is 1. The van der Waals surface area contributed by atoms with Crippen molar-refractivity contribution < 1.29 is 22.7 Å². The Morgan fingerprint density at radius 3 is 2.07 bits per heavy atom. The monoisotopic (exact) mass is 389 g/mol. The number of hydrogen-bond donors (Lipinski definition) is 0. The zero-order valence-electron chi connectivity index (χ0n) is 15.6. The van der Waals surface area contributed by atoms with Crippen molar-refractivity contribution >= 4 is 21.7 Å². The highest BCUT2D eigenvalue weighted by Crippen LogP contribution is 2.10. The highest BCUT2D eigenvalue weighted by molar-refractivity contribution is 7.89. The van der Waals surface area contributed by atoms with Crippen LogP contribution in [0.4, 0.5) is 0 Å². The molecule has 0 unspecified atom stereocenters. The maximum absolute atomic E-state index is 12.1. The van der Waals surface area contributed by atoms with Crippen LogP contribution in [0.3, 0.4) is 0 Å². The second-order valence-electron chi connectivity index (χ2n) is 6.58. The third-order valence-electron chi connectivity index (χ3n) is 3.91. The lowest BCUT2D eigenvalue weighted by molar-refractivity contribution is -0.133. The summed E-state index contributed by atoms with van der Waals surface area (Å²) >= 11 is 0. The highest BCUT2D eigenvalue weighted by Gasteiger charge is 2.14. The Kier molecular flexibility index (Phi) is 6.74. The van der Waals surface area contributed by atoms with Crippen LogP contribution in [0.2, 0.25) is 0 Å². The molecule has 0 aromatic heterocycles. The van der Waals surface area contributed by atoms with E-state index < -0.39 is 15.8 Å². The third-order valence-corrected chi connectivity index (χ3v) is 4.77. The zero-order chi connectivity index (χ0) is 20.0. The van der Waals surface area contributed by atoms with Crippen molar-refractivity contribution in [3.8, 4) is 0 Å². The summed E-state index contributed by atoms with van der Waals surface area (Å²) < 4.78 is 27.6. The topological polar surface area (TPSA) is 80.8 Å². The van der Waals surface area contributed by atoms with E-state index in [0.29, 0.717) is 12.1 Å². The first kappa shape index (κ1) is 20.6. The number of hydrogen-bond acceptors (Lipinski definition) is 5. The Bertz CT molecular complexity index is 902. The van der Waals surface area contributed by atoms with Gasteiger partial charge in [-0.2, -0.15) is 0 Å². The van der Waals surface area contributed by atoms with Crippen molar-refractivity contribution in [2.75, 3.05) is 19.9 Å². The molecule has 2 aromatic rings. The fourth-order valence-corrected chi connectivity index (χ4v) is 3.21. The minimum Gasteiger partial charge on any atom is -0.452 e. The van der Waals surface area contributed by atoms with Gasteiger partial charge in [0.2, 0.25) is 0 Å². The second kappa shape index (κ2) is 8.81. The summed E-state index contributed by atoms with van der Waals surface area (Å²) in [7, 11) is -1.49. The number of carbonyl (C=O) groups is 2. The minimum atomic E-state index is -3.14. The average Bonchev–Trinajstić information content (AvgIpc) is 2.60. The normalized spacial score (nSPS) is 11.1. The first-order valence-corrected chi connectivity index (χ1v) is 10.4. The molecule has 0 fully saturated rings. The standard InChI is InChI=1S/C20H23NO5S/c1-15-4-6-16(7-5-15)12-21(2)19(22)13-26-20(23)18-10-8-17(9-11-18)14-27(3,24)25/h4-11H,12-14H2,1-3H3. The molecule has 0 spiro atoms. The van der Waals surface area contributed by atoms with Gasteiger partial charge in [-0.25, -0.2) is 13.2 Å². The maximum atomic E-state index is 12.1. The number of rotatable bonds is 7. The molecule has 0 heterocycles. The van der Waals surface area contributed by atoms with Crippen molar-refractivity contribution in [2.24, 2.45) is 0 Å². The summed E-state index contributed by atoms with van der Waals surface area (Å²) in [4.78, 5) is 25.7. The van der Waals surface area contributed by atoms with Gasteiger partial charge in [0.1, 0.15) is 0 Å². The minimum absolute atomic E-state index is 0.0926. The van der Waals surface area contributed by atoms with Crippen molar-refractivity contribution in [1.29, 1.82) is 0 Å². The molecule has 0 atom stereocenters. The van der Waals surface area contributed by atoms with E-state index in [4.69, 9.17) is 4.74 Å². The summed E-state index contributed by atoms with van der Waals surface area (Å²) in [5, 5.41) is 0. The van der Waals surface area contributed by atoms with E-state index >= 15 is 0 Å². The molecule has 144 valence electrons. The summed E-state index contributed by atoms with van der Waals surface area (Å²) in [6.07, 6.45) is 1.15. The van der Waals surface area contributed by atoms with Gasteiger partial charge in [-0.05, 0) is 30.2 Å². The second-order valence-corrected chi connectivity index (χ2v) is 8.72. The van der Waals surface area contributed by atoms with Crippen molar-refractivity contribution in [3.63, 3.8) is 0 Å². The van der Waals surface area contributed by atoms with Gasteiger partial charge in [-0.3, -0.25) is 4.79 Å². The van der Waals surface area contributed by atoms with Gasteiger partial charge in [0.25, 0.3) is 5.91 Å². The van der Waals surface area contributed by atoms with E-state index in [2.05, 4.69) is 0 Å². The lowest BCUT2D eigenvalue weighted by Gasteiger charge is -2.17. The van der Waals surface area contributed by atoms with E-state index in [-0.39, 0.29) is 23.8 Å². The van der Waals surface area contributed by atoms with Crippen LogP contribution < -0.4 is 0 Å². The number of nitrogens with zero attached hydrogens (tertiary/aromatic N) is 1. The van der Waals surface area contributed by atoms with Crippen molar-refractivity contribution in [2.45, 2.75) is 19.2 Å². The first-order chi connectivity index (χ1) is 12.6. The lowest BCUT2D eigenvalue weighted by Crippen LogP contribution is -2.30. The predicted octanol–water partition coefficient (Wildman–Crippen LogP) is 2.36. The van der Waals surface area contributed by atoms with E-state index in [1.54, 1.807) is 19.2 Å². The molecule has 0 bridgehead atoms. The smallest absolute Gasteiger partial charge is 0.338 e. The Morgan fingerprint density at radius 1 is 0.963 bits per heavy atom. The largest absolute Gasteiger partial charge is 0.452 e. The van der Waals surface area contributed by atoms with Crippen LogP contribution in [0.1, 0.15) is 27.0 Å². The van der Waals surface area contributed by atoms with Gasteiger partial charge in [0.05, 0.1) is 11.3 Å². The summed E-state index contributed by atoms with van der Waals surface area (Å²) in [5.41, 5.74) is 2.98. The molecule has 0 saturated heterocycles. The van der Waals surface area contributed by atoms with Crippen LogP contribution in [0, 0.1) is 6.92 Å². The van der Waals surface area contributed by atoms with Crippen LogP contribution >= 0.6 is 0 Å². The molecule has 27 heavy (non-hydrogen) atoms. The molecule has 7 heteroatoms. The number of carbonyl (C=O) groups excluding carboxylic acids is 2. The van der Waals surface area contributed by atoms with Gasteiger partial charge in [-0.1, -0.05) is 42.0 Å². The number of esters is 1. The van der Waals surface area contributed by atoms with Gasteiger partial charge in [0.15, 0.2) is 16.4 Å². The quantitative estimate of drug-likeness (QED) is 0.679. The molecule has 1 amide bonds. The van der Waals surface area contributed by atoms with Crippen LogP contribution in [-0.2, 0) is 31.7 Å². The lowest BCUT2D eigenvalue weighted by atomic mass is 10.1. The predicted molar refractivity (Wildman–Crippen MR) is 103 cm³/mol. The van der Waals surface area contributed by atoms with Crippen molar-refractivity contribution in [3.05, 3.63) is 70.8 Å². The van der Waals surface area contributed by atoms with Crippen LogP contribution in [0.5, 0.6) is 0 Å². The van der Waals surface area contributed by atoms with Gasteiger partial charge in [0, 0.05) is 19.8 Å². The number of benzene rings is 2. The summed E-state index contributed by atoms with van der Waals surface area (Å²) in [6.45, 7) is 2.06. The molecule has 0 aliphatic carbocycles. The molecule has 6 nitrogen and oxygen atoms in total. The number of sulfone groups is 1. The Balaban J connectivity index is 1.86. The van der Waals surface area contributed by atoms with Gasteiger partial charge in [-0.15, -0.1) is 0 Å². The molecular weight excluding hydrogens is 366 g/mol. The van der Waals surface area contributed by atoms with E-state index in [1.807, 2.05) is 31.2 Å². The SMILES string of the molecule is Cc1ccc(CN(C)C(=O)COC(=O)c2ccc(CS(C)(=O)=O)cc2)cc1. The molecule has 2 rings (SSSR count).